The van der Waals surface area contributed by atoms with Gasteiger partial charge in [-0.3, -0.25) is 0 Å². The Hall–Kier alpha value is -0.120. The summed E-state index contributed by atoms with van der Waals surface area (Å²) in [7, 11) is 0. The van der Waals surface area contributed by atoms with E-state index in [-0.39, 0.29) is 11.9 Å². The van der Waals surface area contributed by atoms with E-state index in [1.165, 1.54) is 25.7 Å². The third-order valence-electron chi connectivity index (χ3n) is 3.06. The highest BCUT2D eigenvalue weighted by Gasteiger charge is 2.32. The van der Waals surface area contributed by atoms with E-state index in [0.717, 1.165) is 19.2 Å². The van der Waals surface area contributed by atoms with E-state index in [9.17, 15) is 0 Å². The molecule has 0 aromatic heterocycles. The van der Waals surface area contributed by atoms with Crippen molar-refractivity contribution in [3.63, 3.8) is 0 Å². The van der Waals surface area contributed by atoms with E-state index < -0.39 is 0 Å². The first-order chi connectivity index (χ1) is 6.66. The van der Waals surface area contributed by atoms with Crippen LogP contribution in [0.4, 0.5) is 0 Å². The fourth-order valence-corrected chi connectivity index (χ4v) is 2.29. The Labute approximate surface area is 86.2 Å². The van der Waals surface area contributed by atoms with E-state index in [0.29, 0.717) is 0 Å². The molecule has 2 fully saturated rings. The summed E-state index contributed by atoms with van der Waals surface area (Å²) in [6, 6.07) is 0.724. The first kappa shape index (κ1) is 10.4. The zero-order chi connectivity index (χ0) is 10.0. The summed E-state index contributed by atoms with van der Waals surface area (Å²) in [6.07, 6.45) is 5.66. The molecule has 2 rings (SSSR count). The molecule has 0 amide bonds. The molecule has 1 saturated carbocycles. The molecule has 2 aliphatic rings. The molecule has 0 aromatic carbocycles. The minimum atomic E-state index is -0.373. The van der Waals surface area contributed by atoms with Crippen LogP contribution >= 0.6 is 0 Å². The Bertz CT molecular complexity index is 188. The Balaban J connectivity index is 1.66. The molecule has 1 aliphatic heterocycles. The van der Waals surface area contributed by atoms with Gasteiger partial charge >= 0.3 is 0 Å². The molecule has 14 heavy (non-hydrogen) atoms. The van der Waals surface area contributed by atoms with Crippen molar-refractivity contribution in [2.45, 2.75) is 57.5 Å². The smallest absolute Gasteiger partial charge is 0.163 e. The Morgan fingerprint density at radius 2 is 2.00 bits per heavy atom. The van der Waals surface area contributed by atoms with E-state index in [1.54, 1.807) is 0 Å². The van der Waals surface area contributed by atoms with Crippen LogP contribution in [0.2, 0.25) is 0 Å². The van der Waals surface area contributed by atoms with Crippen molar-refractivity contribution in [3.8, 4) is 0 Å². The van der Waals surface area contributed by atoms with Crippen molar-refractivity contribution in [2.24, 2.45) is 0 Å². The maximum Gasteiger partial charge on any atom is 0.163 e. The molecule has 0 radical (unpaired) electrons. The predicted octanol–water partition coefficient (Wildman–Crippen LogP) is 1.67. The van der Waals surface area contributed by atoms with Gasteiger partial charge in [-0.15, -0.1) is 0 Å². The van der Waals surface area contributed by atoms with Gasteiger partial charge in [-0.1, -0.05) is 12.8 Å². The number of hydrogen-bond acceptors (Lipinski definition) is 3. The van der Waals surface area contributed by atoms with Gasteiger partial charge in [0.15, 0.2) is 5.79 Å². The van der Waals surface area contributed by atoms with Crippen molar-refractivity contribution < 1.29 is 9.47 Å². The van der Waals surface area contributed by atoms with Gasteiger partial charge in [0.25, 0.3) is 0 Å². The fraction of sp³-hybridized carbons (Fsp3) is 1.00. The summed E-state index contributed by atoms with van der Waals surface area (Å²) in [5.74, 6) is -0.373. The molecule has 82 valence electrons. The van der Waals surface area contributed by atoms with Crippen LogP contribution in [0.1, 0.15) is 39.5 Å². The van der Waals surface area contributed by atoms with Crippen LogP contribution < -0.4 is 5.32 Å². The van der Waals surface area contributed by atoms with Crippen LogP contribution in [0.5, 0.6) is 0 Å². The lowest BCUT2D eigenvalue weighted by molar-refractivity contribution is -0.137. The summed E-state index contributed by atoms with van der Waals surface area (Å²) in [5, 5.41) is 3.56. The lowest BCUT2D eigenvalue weighted by Gasteiger charge is -2.18. The molecule has 0 spiro atoms. The quantitative estimate of drug-likeness (QED) is 0.750. The first-order valence-electron chi connectivity index (χ1n) is 5.71. The van der Waals surface area contributed by atoms with Crippen LogP contribution in [0.3, 0.4) is 0 Å². The summed E-state index contributed by atoms with van der Waals surface area (Å²) >= 11 is 0. The molecule has 1 heterocycles. The van der Waals surface area contributed by atoms with Crippen molar-refractivity contribution in [1.82, 2.24) is 5.32 Å². The van der Waals surface area contributed by atoms with Gasteiger partial charge in [0.2, 0.25) is 0 Å². The molecular formula is C11H21NO2. The molecule has 3 nitrogen and oxygen atoms in total. The largest absolute Gasteiger partial charge is 0.348 e. The fourth-order valence-electron chi connectivity index (χ4n) is 2.29. The average molecular weight is 199 g/mol. The summed E-state index contributed by atoms with van der Waals surface area (Å²) < 4.78 is 11.2. The van der Waals surface area contributed by atoms with Crippen LogP contribution in [0, 0.1) is 0 Å². The third kappa shape index (κ3) is 2.69. The molecule has 3 heteroatoms. The molecular weight excluding hydrogens is 178 g/mol. The van der Waals surface area contributed by atoms with Gasteiger partial charge in [-0.2, -0.15) is 0 Å². The average Bonchev–Trinajstić information content (AvgIpc) is 2.70. The molecule has 1 aliphatic carbocycles. The SMILES string of the molecule is CC1(C)OCC(CNC2CCCC2)O1. The monoisotopic (exact) mass is 199 g/mol. The van der Waals surface area contributed by atoms with Crippen molar-refractivity contribution >= 4 is 0 Å². The zero-order valence-electron chi connectivity index (χ0n) is 9.21. The van der Waals surface area contributed by atoms with E-state index in [2.05, 4.69) is 5.32 Å². The van der Waals surface area contributed by atoms with Gasteiger partial charge in [-0.25, -0.2) is 0 Å². The highest BCUT2D eigenvalue weighted by atomic mass is 16.7. The highest BCUT2D eigenvalue weighted by molar-refractivity contribution is 4.78. The molecule has 1 atom stereocenters. The van der Waals surface area contributed by atoms with Crippen molar-refractivity contribution in [2.75, 3.05) is 13.2 Å². The first-order valence-corrected chi connectivity index (χ1v) is 5.71. The van der Waals surface area contributed by atoms with Gasteiger partial charge in [0, 0.05) is 12.6 Å². The van der Waals surface area contributed by atoms with Crippen LogP contribution in [0.15, 0.2) is 0 Å². The van der Waals surface area contributed by atoms with Gasteiger partial charge in [0.1, 0.15) is 0 Å². The van der Waals surface area contributed by atoms with Crippen LogP contribution in [-0.2, 0) is 9.47 Å². The van der Waals surface area contributed by atoms with Crippen LogP contribution in [0.25, 0.3) is 0 Å². The summed E-state index contributed by atoms with van der Waals surface area (Å²) in [4.78, 5) is 0. The van der Waals surface area contributed by atoms with Gasteiger partial charge < -0.3 is 14.8 Å². The molecule has 0 bridgehead atoms. The number of nitrogens with one attached hydrogen (secondary N) is 1. The molecule has 1 unspecified atom stereocenters. The third-order valence-corrected chi connectivity index (χ3v) is 3.06. The molecule has 1 saturated heterocycles. The van der Waals surface area contributed by atoms with Crippen molar-refractivity contribution in [3.05, 3.63) is 0 Å². The molecule has 1 N–H and O–H groups in total. The number of hydrogen-bond donors (Lipinski definition) is 1. The summed E-state index contributed by atoms with van der Waals surface area (Å²) in [6.45, 7) is 5.62. The maximum atomic E-state index is 5.72. The Kier molecular flexibility index (Phi) is 3.10. The second kappa shape index (κ2) is 4.17. The minimum Gasteiger partial charge on any atom is -0.348 e. The predicted molar refractivity (Wildman–Crippen MR) is 55.2 cm³/mol. The lowest BCUT2D eigenvalue weighted by Crippen LogP contribution is -2.35. The van der Waals surface area contributed by atoms with E-state index >= 15 is 0 Å². The Morgan fingerprint density at radius 1 is 1.29 bits per heavy atom. The molecule has 0 aromatic rings. The topological polar surface area (TPSA) is 30.5 Å². The second-order valence-corrected chi connectivity index (χ2v) is 4.84. The normalized spacial score (nSPS) is 32.6. The van der Waals surface area contributed by atoms with Gasteiger partial charge in [-0.05, 0) is 26.7 Å². The standard InChI is InChI=1S/C11H21NO2/c1-11(2)13-8-10(14-11)7-12-9-5-3-4-6-9/h9-10,12H,3-8H2,1-2H3. The highest BCUT2D eigenvalue weighted by Crippen LogP contribution is 2.23. The van der Waals surface area contributed by atoms with Crippen LogP contribution in [-0.4, -0.2) is 31.1 Å². The van der Waals surface area contributed by atoms with E-state index in [4.69, 9.17) is 9.47 Å². The number of rotatable bonds is 3. The maximum absolute atomic E-state index is 5.72. The lowest BCUT2D eigenvalue weighted by atomic mass is 10.2. The van der Waals surface area contributed by atoms with Gasteiger partial charge in [0.05, 0.1) is 12.7 Å². The summed E-state index contributed by atoms with van der Waals surface area (Å²) in [5.41, 5.74) is 0. The van der Waals surface area contributed by atoms with Crippen molar-refractivity contribution in [1.29, 1.82) is 0 Å². The number of ether oxygens (including phenoxy) is 2. The Morgan fingerprint density at radius 3 is 2.57 bits per heavy atom. The second-order valence-electron chi connectivity index (χ2n) is 4.84. The van der Waals surface area contributed by atoms with E-state index in [1.807, 2.05) is 13.8 Å². The zero-order valence-corrected chi connectivity index (χ0v) is 9.21. The minimum absolute atomic E-state index is 0.241.